The zero-order valence-electron chi connectivity index (χ0n) is 34.5. The maximum Gasteiger partial charge on any atom is 0.136 e. The lowest BCUT2D eigenvalue weighted by molar-refractivity contribution is 0.607. The van der Waals surface area contributed by atoms with Gasteiger partial charge in [0.15, 0.2) is 0 Å². The van der Waals surface area contributed by atoms with Crippen molar-refractivity contribution in [1.82, 2.24) is 0 Å². The van der Waals surface area contributed by atoms with Crippen LogP contribution in [0, 0.1) is 0 Å². The highest BCUT2D eigenvalue weighted by Crippen LogP contribution is 2.54. The van der Waals surface area contributed by atoms with E-state index >= 15 is 0 Å². The molecule has 2 nitrogen and oxygen atoms in total. The topological polar surface area (TPSA) is 16.4 Å². The highest BCUT2D eigenvalue weighted by Gasteiger charge is 2.39. The van der Waals surface area contributed by atoms with Gasteiger partial charge < -0.3 is 9.32 Å². The predicted octanol–water partition coefficient (Wildman–Crippen LogP) is 16.2. The molecule has 0 amide bonds. The van der Waals surface area contributed by atoms with Crippen LogP contribution in [-0.4, -0.2) is 0 Å². The number of anilines is 3. The first-order chi connectivity index (χ1) is 29.2. The van der Waals surface area contributed by atoms with Crippen LogP contribution in [0.3, 0.4) is 0 Å². The Bertz CT molecular complexity index is 3310. The summed E-state index contributed by atoms with van der Waals surface area (Å²) < 4.78 is 6.29. The van der Waals surface area contributed by atoms with Crippen molar-refractivity contribution in [1.29, 1.82) is 0 Å². The van der Waals surface area contributed by atoms with E-state index in [1.165, 1.54) is 66.5 Å². The second-order valence-electron chi connectivity index (χ2n) is 18.1. The first kappa shape index (κ1) is 35.1. The lowest BCUT2D eigenvalue weighted by Gasteiger charge is -2.30. The van der Waals surface area contributed by atoms with Gasteiger partial charge in [-0.1, -0.05) is 142 Å². The Morgan fingerprint density at radius 3 is 1.85 bits per heavy atom. The summed E-state index contributed by atoms with van der Waals surface area (Å²) in [5.74, 6) is 0. The summed E-state index contributed by atoms with van der Waals surface area (Å²) in [7, 11) is 0. The van der Waals surface area contributed by atoms with E-state index in [2.05, 4.69) is 196 Å². The third-order valence-electron chi connectivity index (χ3n) is 14.0. The van der Waals surface area contributed by atoms with Crippen molar-refractivity contribution >= 4 is 55.3 Å². The maximum atomic E-state index is 6.29. The van der Waals surface area contributed by atoms with Crippen LogP contribution in [-0.2, 0) is 10.8 Å². The second kappa shape index (κ2) is 12.8. The molecule has 0 bridgehead atoms. The van der Waals surface area contributed by atoms with Crippen molar-refractivity contribution in [2.45, 2.75) is 51.4 Å². The zero-order chi connectivity index (χ0) is 40.3. The van der Waals surface area contributed by atoms with Gasteiger partial charge in [0.05, 0.1) is 0 Å². The van der Waals surface area contributed by atoms with Gasteiger partial charge in [0.2, 0.25) is 0 Å². The lowest BCUT2D eigenvalue weighted by Crippen LogP contribution is -2.19. The van der Waals surface area contributed by atoms with E-state index in [1.807, 2.05) is 12.1 Å². The largest absolute Gasteiger partial charge is 0.456 e. The molecule has 1 heterocycles. The quantitative estimate of drug-likeness (QED) is 0.173. The monoisotopic (exact) mass is 771 g/mol. The Labute approximate surface area is 351 Å². The van der Waals surface area contributed by atoms with E-state index in [0.29, 0.717) is 0 Å². The van der Waals surface area contributed by atoms with Crippen LogP contribution in [0.2, 0.25) is 0 Å². The summed E-state index contributed by atoms with van der Waals surface area (Å²) in [6.07, 6.45) is 6.93. The van der Waals surface area contributed by atoms with Gasteiger partial charge in [-0.2, -0.15) is 0 Å². The first-order valence-electron chi connectivity index (χ1n) is 21.4. The van der Waals surface area contributed by atoms with E-state index in [9.17, 15) is 0 Å². The van der Waals surface area contributed by atoms with Gasteiger partial charge in [0.25, 0.3) is 0 Å². The molecule has 0 fully saturated rings. The highest BCUT2D eigenvalue weighted by atomic mass is 16.3. The number of hydrogen-bond donors (Lipinski definition) is 0. The minimum atomic E-state index is -0.187. The fourth-order valence-electron chi connectivity index (χ4n) is 10.7. The predicted molar refractivity (Wildman–Crippen MR) is 253 cm³/mol. The van der Waals surface area contributed by atoms with Gasteiger partial charge in [-0.25, -0.2) is 0 Å². The molecule has 9 aromatic rings. The molecule has 12 rings (SSSR count). The SMILES string of the molecule is CC1(C)C2=C(C=CCC2)c2ccc(N(c3ccc(-c4ccc5c(c4)oc4ccccc45)cc3)c3ccc4c(c3)C(C)(C)c3cc(-c5ccc6ccccc6c5)ccc3-4)cc21. The number of hydrogen-bond acceptors (Lipinski definition) is 2. The van der Waals surface area contributed by atoms with E-state index in [-0.39, 0.29) is 10.8 Å². The molecule has 2 heteroatoms. The molecule has 0 N–H and O–H groups in total. The summed E-state index contributed by atoms with van der Waals surface area (Å²) in [5, 5.41) is 4.84. The van der Waals surface area contributed by atoms with E-state index in [1.54, 1.807) is 5.57 Å². The molecule has 0 saturated carbocycles. The Balaban J connectivity index is 0.960. The Morgan fingerprint density at radius 2 is 1.03 bits per heavy atom. The molecule has 60 heavy (non-hydrogen) atoms. The van der Waals surface area contributed by atoms with Gasteiger partial charge in [0, 0.05) is 38.7 Å². The van der Waals surface area contributed by atoms with Gasteiger partial charge in [-0.3, -0.25) is 0 Å². The van der Waals surface area contributed by atoms with Crippen LogP contribution in [0.5, 0.6) is 0 Å². The first-order valence-corrected chi connectivity index (χ1v) is 21.4. The van der Waals surface area contributed by atoms with Crippen molar-refractivity contribution < 1.29 is 4.42 Å². The van der Waals surface area contributed by atoms with Crippen LogP contribution >= 0.6 is 0 Å². The van der Waals surface area contributed by atoms with Crippen molar-refractivity contribution in [3.63, 3.8) is 0 Å². The Hall–Kier alpha value is -6.90. The number of allylic oxidation sites excluding steroid dienone is 4. The minimum absolute atomic E-state index is 0.0272. The zero-order valence-corrected chi connectivity index (χ0v) is 34.5. The van der Waals surface area contributed by atoms with Gasteiger partial charge >= 0.3 is 0 Å². The summed E-state index contributed by atoms with van der Waals surface area (Å²) in [6.45, 7) is 9.61. The van der Waals surface area contributed by atoms with Crippen LogP contribution in [0.4, 0.5) is 17.1 Å². The lowest BCUT2D eigenvalue weighted by atomic mass is 9.78. The van der Waals surface area contributed by atoms with Crippen LogP contribution in [0.1, 0.15) is 62.8 Å². The molecule has 1 aromatic heterocycles. The molecular formula is C58H45NO. The van der Waals surface area contributed by atoms with Gasteiger partial charge in [-0.15, -0.1) is 0 Å². The number of para-hydroxylation sites is 1. The number of nitrogens with zero attached hydrogens (tertiary/aromatic N) is 1. The fourth-order valence-corrected chi connectivity index (χ4v) is 10.7. The molecule has 288 valence electrons. The highest BCUT2D eigenvalue weighted by molar-refractivity contribution is 6.06. The molecule has 0 spiro atoms. The smallest absolute Gasteiger partial charge is 0.136 e. The summed E-state index contributed by atoms with van der Waals surface area (Å²) in [5.41, 5.74) is 21.0. The average molecular weight is 772 g/mol. The average Bonchev–Trinajstić information content (AvgIpc) is 3.85. The summed E-state index contributed by atoms with van der Waals surface area (Å²) >= 11 is 0. The van der Waals surface area contributed by atoms with Crippen LogP contribution < -0.4 is 4.90 Å². The van der Waals surface area contributed by atoms with Crippen molar-refractivity contribution in [3.8, 4) is 33.4 Å². The van der Waals surface area contributed by atoms with E-state index < -0.39 is 0 Å². The third-order valence-corrected chi connectivity index (χ3v) is 14.0. The van der Waals surface area contributed by atoms with Crippen molar-refractivity contribution in [3.05, 3.63) is 204 Å². The molecule has 3 aliphatic carbocycles. The number of fused-ring (bicyclic) bond motifs is 9. The van der Waals surface area contributed by atoms with E-state index in [0.717, 1.165) is 57.3 Å². The molecule has 0 saturated heterocycles. The summed E-state index contributed by atoms with van der Waals surface area (Å²) in [6, 6.07) is 60.8. The maximum absolute atomic E-state index is 6.29. The molecule has 8 aromatic carbocycles. The van der Waals surface area contributed by atoms with Gasteiger partial charge in [0.1, 0.15) is 11.2 Å². The van der Waals surface area contributed by atoms with Crippen LogP contribution in [0.15, 0.2) is 186 Å². The fraction of sp³-hybridized carbons (Fsp3) is 0.138. The number of furan rings is 1. The standard InChI is InChI=1S/C58H45NO/c1-57(2)51-15-9-7-13-45(51)47-29-25-43(34-53(47)57)59(42-23-19-37(20-24-42)41-22-28-50-49-14-8-10-16-55(49)60-56(50)33-41)44-26-30-48-46-27-21-40(32-52(46)58(3,4)54(48)35-44)39-18-17-36-11-5-6-12-38(36)31-39/h5-8,10-14,16-35H,9,15H2,1-4H3. The third kappa shape index (κ3) is 5.20. The molecule has 0 unspecified atom stereocenters. The molecule has 0 atom stereocenters. The minimum Gasteiger partial charge on any atom is -0.456 e. The normalized spacial score (nSPS) is 15.7. The Morgan fingerprint density at radius 1 is 0.450 bits per heavy atom. The molecular weight excluding hydrogens is 727 g/mol. The Kier molecular flexibility index (Phi) is 7.48. The molecule has 0 aliphatic heterocycles. The van der Waals surface area contributed by atoms with Crippen LogP contribution in [0.25, 0.3) is 71.7 Å². The van der Waals surface area contributed by atoms with Crippen molar-refractivity contribution in [2.24, 2.45) is 0 Å². The molecule has 3 aliphatic rings. The number of rotatable bonds is 5. The van der Waals surface area contributed by atoms with E-state index in [4.69, 9.17) is 4.42 Å². The van der Waals surface area contributed by atoms with Gasteiger partial charge in [-0.05, 0) is 152 Å². The molecule has 0 radical (unpaired) electrons. The van der Waals surface area contributed by atoms with Crippen molar-refractivity contribution in [2.75, 3.05) is 4.90 Å². The number of benzene rings is 8. The summed E-state index contributed by atoms with van der Waals surface area (Å²) in [4.78, 5) is 2.47. The second-order valence-corrected chi connectivity index (χ2v) is 18.1.